The molecule has 0 bridgehead atoms. The van der Waals surface area contributed by atoms with Crippen LogP contribution in [0, 0.1) is 41.9 Å². The monoisotopic (exact) mass is 431 g/mol. The van der Waals surface area contributed by atoms with Gasteiger partial charge >= 0.3 is 0 Å². The molecule has 0 unspecified atom stereocenters. The van der Waals surface area contributed by atoms with Gasteiger partial charge in [-0.15, -0.1) is 5.92 Å². The molecular formula is C26H29N3O3. The van der Waals surface area contributed by atoms with E-state index in [4.69, 9.17) is 10.8 Å². The van der Waals surface area contributed by atoms with Gasteiger partial charge in [0.2, 0.25) is 0 Å². The molecule has 6 heteroatoms. The lowest BCUT2D eigenvalue weighted by Gasteiger charge is -2.44. The van der Waals surface area contributed by atoms with Crippen molar-refractivity contribution in [3.63, 3.8) is 0 Å². The van der Waals surface area contributed by atoms with Gasteiger partial charge in [-0.1, -0.05) is 5.92 Å². The second-order valence-electron chi connectivity index (χ2n) is 8.84. The minimum Gasteiger partial charge on any atom is -0.339 e. The molecule has 2 aliphatic rings. The summed E-state index contributed by atoms with van der Waals surface area (Å²) in [6, 6.07) is 3.88. The first-order chi connectivity index (χ1) is 15.2. The average Bonchev–Trinajstić information content (AvgIpc) is 2.73. The molecule has 166 valence electrons. The summed E-state index contributed by atoms with van der Waals surface area (Å²) in [4.78, 5) is 40.7. The van der Waals surface area contributed by atoms with Gasteiger partial charge < -0.3 is 15.7 Å². The lowest BCUT2D eigenvalue weighted by atomic mass is 9.62. The fourth-order valence-electron chi connectivity index (χ4n) is 5.15. The van der Waals surface area contributed by atoms with Gasteiger partial charge in [-0.2, -0.15) is 0 Å². The molecule has 2 N–H and O–H groups in total. The first kappa shape index (κ1) is 23.3. The van der Waals surface area contributed by atoms with Gasteiger partial charge in [-0.3, -0.25) is 14.4 Å². The Morgan fingerprint density at radius 1 is 1.09 bits per heavy atom. The van der Waals surface area contributed by atoms with Crippen LogP contribution in [0.2, 0.25) is 0 Å². The molecule has 1 aliphatic heterocycles. The first-order valence-corrected chi connectivity index (χ1v) is 10.8. The minimum absolute atomic E-state index is 0.0366. The predicted molar refractivity (Wildman–Crippen MR) is 124 cm³/mol. The van der Waals surface area contributed by atoms with Gasteiger partial charge in [-0.25, -0.2) is 0 Å². The van der Waals surface area contributed by atoms with Gasteiger partial charge in [-0.05, 0) is 73.9 Å². The smallest absolute Gasteiger partial charge is 0.255 e. The molecule has 1 amide bonds. The van der Waals surface area contributed by atoms with Crippen molar-refractivity contribution in [3.05, 3.63) is 46.0 Å². The summed E-state index contributed by atoms with van der Waals surface area (Å²) < 4.78 is 0. The third-order valence-electron chi connectivity index (χ3n) is 6.67. The second-order valence-corrected chi connectivity index (χ2v) is 8.84. The van der Waals surface area contributed by atoms with E-state index in [9.17, 15) is 14.4 Å². The lowest BCUT2D eigenvalue weighted by molar-refractivity contribution is -0.139. The number of piperidine rings is 1. The fraction of sp³-hybridized carbons (Fsp3) is 0.423. The standard InChI is InChI=1S/C26H29N3O3/c1-4-5-19-12-17(2)23(18(3)13-19)24-21(30)14-26(15-22(24)31)7-10-29(11-8-26)25(32)20(16-28)6-9-27/h6,9,12-13,16,24,27-28H,7-8,10-11,14-15H2,1-3H3/b20-6+,27-9?,28-16?. The highest BCUT2D eigenvalue weighted by molar-refractivity contribution is 6.13. The summed E-state index contributed by atoms with van der Waals surface area (Å²) in [5, 5.41) is 14.5. The Bertz CT molecular complexity index is 1040. The number of benzene rings is 1. The molecule has 32 heavy (non-hydrogen) atoms. The summed E-state index contributed by atoms with van der Waals surface area (Å²) in [7, 11) is 0. The molecule has 2 fully saturated rings. The molecule has 6 nitrogen and oxygen atoms in total. The summed E-state index contributed by atoms with van der Waals surface area (Å²) in [6.07, 6.45) is 5.11. The number of rotatable bonds is 4. The van der Waals surface area contributed by atoms with Crippen molar-refractivity contribution in [1.29, 1.82) is 10.8 Å². The summed E-state index contributed by atoms with van der Waals surface area (Å²) in [6.45, 7) is 6.52. The summed E-state index contributed by atoms with van der Waals surface area (Å²) in [5.74, 6) is 4.85. The van der Waals surface area contributed by atoms with Gasteiger partial charge in [0.05, 0.1) is 5.57 Å². The summed E-state index contributed by atoms with van der Waals surface area (Å²) in [5.41, 5.74) is 3.31. The Morgan fingerprint density at radius 2 is 1.66 bits per heavy atom. The van der Waals surface area contributed by atoms with Crippen LogP contribution in [0.5, 0.6) is 0 Å². The van der Waals surface area contributed by atoms with Crippen molar-refractivity contribution in [2.24, 2.45) is 5.41 Å². The Labute approximate surface area is 189 Å². The lowest BCUT2D eigenvalue weighted by Crippen LogP contribution is -2.48. The molecule has 0 radical (unpaired) electrons. The normalized spacial score (nSPS) is 18.8. The fourth-order valence-corrected chi connectivity index (χ4v) is 5.15. The third kappa shape index (κ3) is 4.47. The van der Waals surface area contributed by atoms with E-state index >= 15 is 0 Å². The number of likely N-dealkylation sites (tertiary alicyclic amines) is 1. The molecule has 1 heterocycles. The number of nitrogens with one attached hydrogen (secondary N) is 2. The van der Waals surface area contributed by atoms with E-state index in [-0.39, 0.29) is 23.0 Å². The largest absolute Gasteiger partial charge is 0.339 e. The van der Waals surface area contributed by atoms with E-state index in [0.717, 1.165) is 34.7 Å². The van der Waals surface area contributed by atoms with E-state index in [2.05, 4.69) is 11.8 Å². The van der Waals surface area contributed by atoms with Crippen LogP contribution in [0.4, 0.5) is 0 Å². The van der Waals surface area contributed by atoms with Crippen molar-refractivity contribution in [2.75, 3.05) is 13.1 Å². The number of amides is 1. The van der Waals surface area contributed by atoms with Gasteiger partial charge in [0.15, 0.2) is 0 Å². The molecule has 1 aromatic rings. The SMILES string of the molecule is CC#Cc1cc(C)c(C2C(=O)CC3(CCN(C(=O)/C(C=N)=C/C=N)CC3)CC2=O)c(C)c1. The van der Waals surface area contributed by atoms with Crippen LogP contribution < -0.4 is 0 Å². The third-order valence-corrected chi connectivity index (χ3v) is 6.67. The van der Waals surface area contributed by atoms with Crippen molar-refractivity contribution in [1.82, 2.24) is 4.90 Å². The zero-order valence-corrected chi connectivity index (χ0v) is 18.9. The maximum Gasteiger partial charge on any atom is 0.255 e. The Hall–Kier alpha value is -3.33. The molecular weight excluding hydrogens is 402 g/mol. The predicted octanol–water partition coefficient (Wildman–Crippen LogP) is 3.52. The van der Waals surface area contributed by atoms with Crippen LogP contribution in [-0.2, 0) is 14.4 Å². The van der Waals surface area contributed by atoms with Crippen molar-refractivity contribution >= 4 is 29.9 Å². The number of nitrogens with zero attached hydrogens (tertiary/aromatic N) is 1. The maximum atomic E-state index is 13.3. The zero-order chi connectivity index (χ0) is 23.5. The topological polar surface area (TPSA) is 102 Å². The molecule has 1 saturated heterocycles. The molecule has 1 aromatic carbocycles. The summed E-state index contributed by atoms with van der Waals surface area (Å²) >= 11 is 0. The molecule has 3 rings (SSSR count). The van der Waals surface area contributed by atoms with E-state index in [1.807, 2.05) is 26.0 Å². The zero-order valence-electron chi connectivity index (χ0n) is 18.9. The van der Waals surface area contributed by atoms with Crippen LogP contribution >= 0.6 is 0 Å². The second kappa shape index (κ2) is 9.44. The molecule has 1 saturated carbocycles. The number of carbonyl (C=O) groups excluding carboxylic acids is 3. The highest BCUT2D eigenvalue weighted by Gasteiger charge is 2.47. The highest BCUT2D eigenvalue weighted by atomic mass is 16.2. The Morgan fingerprint density at radius 3 is 2.12 bits per heavy atom. The van der Waals surface area contributed by atoms with E-state index in [1.165, 1.54) is 6.08 Å². The van der Waals surface area contributed by atoms with Crippen molar-refractivity contribution < 1.29 is 14.4 Å². The van der Waals surface area contributed by atoms with Crippen molar-refractivity contribution in [2.45, 2.75) is 52.4 Å². The maximum absolute atomic E-state index is 13.3. The van der Waals surface area contributed by atoms with E-state index in [0.29, 0.717) is 38.8 Å². The number of hydrogen-bond donors (Lipinski definition) is 2. The number of allylic oxidation sites excluding steroid dienone is 1. The van der Waals surface area contributed by atoms with Crippen LogP contribution in [0.3, 0.4) is 0 Å². The van der Waals surface area contributed by atoms with E-state index in [1.54, 1.807) is 11.8 Å². The average molecular weight is 432 g/mol. The molecule has 0 atom stereocenters. The number of Topliss-reactive ketones (excluding diaryl/α,β-unsaturated/α-hetero) is 2. The molecule has 1 aliphatic carbocycles. The van der Waals surface area contributed by atoms with Crippen LogP contribution in [0.15, 0.2) is 23.8 Å². The molecule has 0 aromatic heterocycles. The van der Waals surface area contributed by atoms with Crippen molar-refractivity contribution in [3.8, 4) is 11.8 Å². The van der Waals surface area contributed by atoms with Crippen LogP contribution in [-0.4, -0.2) is 47.9 Å². The quantitative estimate of drug-likeness (QED) is 0.330. The minimum atomic E-state index is -0.719. The first-order valence-electron chi connectivity index (χ1n) is 10.8. The Balaban J connectivity index is 1.77. The number of aryl methyl sites for hydroxylation is 2. The number of carbonyl (C=O) groups is 3. The highest BCUT2D eigenvalue weighted by Crippen LogP contribution is 2.46. The van der Waals surface area contributed by atoms with Crippen LogP contribution in [0.25, 0.3) is 0 Å². The van der Waals surface area contributed by atoms with Gasteiger partial charge in [0.25, 0.3) is 5.91 Å². The van der Waals surface area contributed by atoms with E-state index < -0.39 is 11.3 Å². The number of hydrogen-bond acceptors (Lipinski definition) is 5. The Kier molecular flexibility index (Phi) is 6.88. The van der Waals surface area contributed by atoms with Crippen LogP contribution in [0.1, 0.15) is 60.8 Å². The number of ketones is 2. The molecule has 1 spiro atoms. The van der Waals surface area contributed by atoms with Gasteiger partial charge in [0, 0.05) is 43.9 Å². The van der Waals surface area contributed by atoms with Gasteiger partial charge in [0.1, 0.15) is 17.5 Å².